The van der Waals surface area contributed by atoms with Crippen molar-refractivity contribution in [2.75, 3.05) is 0 Å². The molecule has 0 saturated heterocycles. The molecule has 1 aromatic rings. The van der Waals surface area contributed by atoms with Crippen LogP contribution in [-0.2, 0) is 12.8 Å². The predicted octanol–water partition coefficient (Wildman–Crippen LogP) is 8.82. The molecule has 1 fully saturated rings. The molecule has 0 amide bonds. The van der Waals surface area contributed by atoms with E-state index in [0.29, 0.717) is 0 Å². The minimum atomic E-state index is 0.00149. The van der Waals surface area contributed by atoms with Gasteiger partial charge in [-0.25, -0.2) is 4.39 Å². The van der Waals surface area contributed by atoms with Gasteiger partial charge >= 0.3 is 0 Å². The first-order valence-electron chi connectivity index (χ1n) is 12.6. The topological polar surface area (TPSA) is 0 Å². The maximum absolute atomic E-state index is 14.3. The summed E-state index contributed by atoms with van der Waals surface area (Å²) in [5, 5.41) is 0. The summed E-state index contributed by atoms with van der Waals surface area (Å²) >= 11 is 0. The molecule has 2 aliphatic carbocycles. The van der Waals surface area contributed by atoms with E-state index in [-0.39, 0.29) is 5.82 Å². The first-order valence-corrected chi connectivity index (χ1v) is 12.6. The standard InChI is InChI=1S/C28H43F/c1-3-5-6-27-20-19-26(21-28(27)29)18-17-25-15-13-24(14-16-25)12-11-23-9-7-22(4-2)8-10-23/h15,19-24H,3-14,16-18H2,1-2H3. The number of hydrogen-bond donors (Lipinski definition) is 0. The monoisotopic (exact) mass is 398 g/mol. The molecule has 0 spiro atoms. The van der Waals surface area contributed by atoms with E-state index in [0.717, 1.165) is 61.0 Å². The second-order valence-corrected chi connectivity index (χ2v) is 9.90. The molecule has 1 atom stereocenters. The Kier molecular flexibility index (Phi) is 9.28. The fraction of sp³-hybridized carbons (Fsp3) is 0.714. The molecule has 29 heavy (non-hydrogen) atoms. The smallest absolute Gasteiger partial charge is 0.126 e. The third kappa shape index (κ3) is 7.26. The molecular weight excluding hydrogens is 355 g/mol. The zero-order chi connectivity index (χ0) is 20.5. The highest BCUT2D eigenvalue weighted by Gasteiger charge is 2.22. The average Bonchev–Trinajstić information content (AvgIpc) is 2.76. The number of allylic oxidation sites excluding steroid dienone is 2. The average molecular weight is 399 g/mol. The highest BCUT2D eigenvalue weighted by molar-refractivity contribution is 5.25. The van der Waals surface area contributed by atoms with Crippen LogP contribution in [0.2, 0.25) is 0 Å². The number of hydrogen-bond acceptors (Lipinski definition) is 0. The van der Waals surface area contributed by atoms with E-state index in [2.05, 4.69) is 26.0 Å². The summed E-state index contributed by atoms with van der Waals surface area (Å²) in [5.74, 6) is 2.95. The van der Waals surface area contributed by atoms with E-state index < -0.39 is 0 Å². The van der Waals surface area contributed by atoms with E-state index in [4.69, 9.17) is 0 Å². The molecule has 0 heterocycles. The van der Waals surface area contributed by atoms with E-state index in [1.807, 2.05) is 6.07 Å². The van der Waals surface area contributed by atoms with Crippen molar-refractivity contribution in [1.82, 2.24) is 0 Å². The lowest BCUT2D eigenvalue weighted by Gasteiger charge is -2.29. The van der Waals surface area contributed by atoms with Crippen molar-refractivity contribution in [2.45, 2.75) is 110 Å². The zero-order valence-electron chi connectivity index (χ0n) is 19.0. The van der Waals surface area contributed by atoms with Gasteiger partial charge < -0.3 is 0 Å². The second kappa shape index (κ2) is 11.9. The van der Waals surface area contributed by atoms with Crippen molar-refractivity contribution in [3.63, 3.8) is 0 Å². The van der Waals surface area contributed by atoms with Gasteiger partial charge in [0.25, 0.3) is 0 Å². The quantitative estimate of drug-likeness (QED) is 0.345. The largest absolute Gasteiger partial charge is 0.207 e. The molecule has 1 aromatic carbocycles. The van der Waals surface area contributed by atoms with Crippen molar-refractivity contribution >= 4 is 0 Å². The van der Waals surface area contributed by atoms with Gasteiger partial charge in [-0.1, -0.05) is 82.6 Å². The van der Waals surface area contributed by atoms with Gasteiger partial charge in [0.2, 0.25) is 0 Å². The van der Waals surface area contributed by atoms with Gasteiger partial charge in [-0.15, -0.1) is 0 Å². The molecular formula is C28H43F. The zero-order valence-corrected chi connectivity index (χ0v) is 19.0. The second-order valence-electron chi connectivity index (χ2n) is 9.90. The molecule has 162 valence electrons. The highest BCUT2D eigenvalue weighted by Crippen LogP contribution is 2.36. The van der Waals surface area contributed by atoms with E-state index in [1.165, 1.54) is 64.2 Å². The Morgan fingerprint density at radius 1 is 0.862 bits per heavy atom. The first-order chi connectivity index (χ1) is 14.2. The number of benzene rings is 1. The summed E-state index contributed by atoms with van der Waals surface area (Å²) < 4.78 is 14.3. The predicted molar refractivity (Wildman–Crippen MR) is 124 cm³/mol. The van der Waals surface area contributed by atoms with Crippen LogP contribution in [0.1, 0.15) is 108 Å². The minimum absolute atomic E-state index is 0.00149. The van der Waals surface area contributed by atoms with Crippen LogP contribution in [-0.4, -0.2) is 0 Å². The van der Waals surface area contributed by atoms with Crippen molar-refractivity contribution in [2.24, 2.45) is 17.8 Å². The molecule has 2 aliphatic rings. The molecule has 1 saturated carbocycles. The summed E-state index contributed by atoms with van der Waals surface area (Å²) in [6.45, 7) is 4.52. The number of rotatable bonds is 10. The maximum atomic E-state index is 14.3. The summed E-state index contributed by atoms with van der Waals surface area (Å²) in [7, 11) is 0. The Hall–Kier alpha value is -1.11. The van der Waals surface area contributed by atoms with Crippen molar-refractivity contribution in [3.05, 3.63) is 46.8 Å². The van der Waals surface area contributed by atoms with E-state index in [9.17, 15) is 4.39 Å². The van der Waals surface area contributed by atoms with Gasteiger partial charge in [0.05, 0.1) is 0 Å². The lowest BCUT2D eigenvalue weighted by atomic mass is 9.76. The Labute approximate surface area is 179 Å². The fourth-order valence-electron chi connectivity index (χ4n) is 5.45. The molecule has 0 N–H and O–H groups in total. The van der Waals surface area contributed by atoms with Gasteiger partial charge in [-0.05, 0) is 86.3 Å². The van der Waals surface area contributed by atoms with Crippen LogP contribution in [0.15, 0.2) is 29.8 Å². The minimum Gasteiger partial charge on any atom is -0.207 e. The molecule has 1 unspecified atom stereocenters. The molecule has 0 nitrogen and oxygen atoms in total. The van der Waals surface area contributed by atoms with Crippen LogP contribution in [0.25, 0.3) is 0 Å². The Morgan fingerprint density at radius 2 is 1.62 bits per heavy atom. The van der Waals surface area contributed by atoms with Gasteiger partial charge in [0, 0.05) is 0 Å². The Balaban J connectivity index is 1.36. The summed E-state index contributed by atoms with van der Waals surface area (Å²) in [6, 6.07) is 5.94. The normalized spacial score (nSPS) is 25.1. The number of unbranched alkanes of at least 4 members (excludes halogenated alkanes) is 1. The van der Waals surface area contributed by atoms with Crippen LogP contribution in [0.4, 0.5) is 4.39 Å². The van der Waals surface area contributed by atoms with Crippen LogP contribution in [0.3, 0.4) is 0 Å². The first kappa shape index (κ1) is 22.6. The fourth-order valence-corrected chi connectivity index (χ4v) is 5.45. The summed E-state index contributed by atoms with van der Waals surface area (Å²) in [5.41, 5.74) is 3.66. The summed E-state index contributed by atoms with van der Waals surface area (Å²) in [4.78, 5) is 0. The Bertz CT molecular complexity index is 636. The summed E-state index contributed by atoms with van der Waals surface area (Å²) in [6.07, 6.45) is 21.8. The van der Waals surface area contributed by atoms with Crippen LogP contribution in [0.5, 0.6) is 0 Å². The van der Waals surface area contributed by atoms with E-state index in [1.54, 1.807) is 11.6 Å². The number of halogens is 1. The van der Waals surface area contributed by atoms with Crippen LogP contribution < -0.4 is 0 Å². The lowest BCUT2D eigenvalue weighted by Crippen LogP contribution is -2.15. The van der Waals surface area contributed by atoms with Crippen LogP contribution in [0, 0.1) is 23.6 Å². The SMILES string of the molecule is CCCCc1ccc(CCC2=CCC(CCC3CCC(CC)CC3)CC2)cc1F. The molecule has 0 radical (unpaired) electrons. The van der Waals surface area contributed by atoms with Crippen molar-refractivity contribution in [3.8, 4) is 0 Å². The number of aryl methyl sites for hydroxylation is 2. The molecule has 0 aromatic heterocycles. The third-order valence-electron chi connectivity index (χ3n) is 7.79. The van der Waals surface area contributed by atoms with Gasteiger partial charge in [0.1, 0.15) is 5.82 Å². The van der Waals surface area contributed by atoms with Crippen molar-refractivity contribution in [1.29, 1.82) is 0 Å². The highest BCUT2D eigenvalue weighted by atomic mass is 19.1. The molecule has 1 heteroatoms. The van der Waals surface area contributed by atoms with Gasteiger partial charge in [-0.3, -0.25) is 0 Å². The third-order valence-corrected chi connectivity index (χ3v) is 7.79. The molecule has 0 bridgehead atoms. The molecule has 0 aliphatic heterocycles. The van der Waals surface area contributed by atoms with Crippen LogP contribution >= 0.6 is 0 Å². The van der Waals surface area contributed by atoms with Crippen molar-refractivity contribution < 1.29 is 4.39 Å². The van der Waals surface area contributed by atoms with Gasteiger partial charge in [0.15, 0.2) is 0 Å². The molecule has 3 rings (SSSR count). The van der Waals surface area contributed by atoms with E-state index >= 15 is 0 Å². The maximum Gasteiger partial charge on any atom is 0.126 e. The lowest BCUT2D eigenvalue weighted by molar-refractivity contribution is 0.241. The van der Waals surface area contributed by atoms with Gasteiger partial charge in [-0.2, -0.15) is 0 Å². The Morgan fingerprint density at radius 3 is 2.28 bits per heavy atom.